The Morgan fingerprint density at radius 2 is 1.18 bits per heavy atom. The van der Waals surface area contributed by atoms with E-state index in [1.807, 2.05) is 76.2 Å². The quantitative estimate of drug-likeness (QED) is 0.0562. The van der Waals surface area contributed by atoms with E-state index in [0.29, 0.717) is 6.54 Å². The van der Waals surface area contributed by atoms with Crippen LogP contribution in [0.1, 0.15) is 121 Å². The van der Waals surface area contributed by atoms with Crippen LogP contribution >= 0.6 is 0 Å². The second kappa shape index (κ2) is 21.7. The number of allylic oxidation sites excluding steroid dienone is 8. The Morgan fingerprint density at radius 3 is 1.78 bits per heavy atom. The molecule has 1 spiro atoms. The zero-order valence-corrected chi connectivity index (χ0v) is 38.7. The number of nitrogens with zero attached hydrogens (tertiary/aromatic N) is 3. The molecule has 0 bridgehead atoms. The van der Waals surface area contributed by atoms with Crippen molar-refractivity contribution in [3.05, 3.63) is 176 Å². The van der Waals surface area contributed by atoms with Gasteiger partial charge in [0.2, 0.25) is 0 Å². The molecule has 0 saturated heterocycles. The monoisotopic (exact) mass is 878 g/mol. The summed E-state index contributed by atoms with van der Waals surface area (Å²) in [5.74, 6) is 1.72. The van der Waals surface area contributed by atoms with Gasteiger partial charge in [0, 0.05) is 65.3 Å². The Bertz CT molecular complexity index is 2370. The third-order valence-corrected chi connectivity index (χ3v) is 13.4. The SMILES string of the molecule is CC(C)Oc1ccc(CCNc2ccc([N+](=O)[O-])cc2C2(C/C=C/C=C/C=C/C=C3/N(CCc4ccc(OC(C)C)cc4)c4ccc([N+](=O)[O-])cc4C34CCCCC4)CCCCC2)cc1. The minimum absolute atomic E-state index is 0.110. The van der Waals surface area contributed by atoms with Gasteiger partial charge in [-0.15, -0.1) is 0 Å². The Balaban J connectivity index is 1.08. The molecule has 4 aromatic rings. The summed E-state index contributed by atoms with van der Waals surface area (Å²) in [6, 6.07) is 27.3. The molecule has 10 heteroatoms. The van der Waals surface area contributed by atoms with Gasteiger partial charge in [-0.3, -0.25) is 20.2 Å². The van der Waals surface area contributed by atoms with E-state index in [1.54, 1.807) is 12.1 Å². The topological polar surface area (TPSA) is 120 Å². The van der Waals surface area contributed by atoms with Gasteiger partial charge in [0.05, 0.1) is 22.1 Å². The molecule has 0 radical (unpaired) electrons. The molecule has 65 heavy (non-hydrogen) atoms. The molecule has 10 nitrogen and oxygen atoms in total. The molecule has 1 heterocycles. The summed E-state index contributed by atoms with van der Waals surface area (Å²) in [5.41, 5.74) is 7.56. The molecular formula is C55H66N4O6. The highest BCUT2D eigenvalue weighted by Crippen LogP contribution is 2.56. The summed E-state index contributed by atoms with van der Waals surface area (Å²) < 4.78 is 11.7. The van der Waals surface area contributed by atoms with Gasteiger partial charge in [-0.2, -0.15) is 0 Å². The highest BCUT2D eigenvalue weighted by atomic mass is 16.6. The van der Waals surface area contributed by atoms with Crippen LogP contribution in [-0.4, -0.2) is 35.1 Å². The minimum atomic E-state index is -0.281. The normalized spacial score (nSPS) is 17.5. The van der Waals surface area contributed by atoms with Crippen LogP contribution in [0.4, 0.5) is 22.7 Å². The molecule has 0 unspecified atom stereocenters. The van der Waals surface area contributed by atoms with E-state index in [1.165, 1.54) is 29.7 Å². The number of benzene rings is 4. The van der Waals surface area contributed by atoms with Crippen molar-refractivity contribution in [2.24, 2.45) is 0 Å². The number of non-ortho nitro benzene ring substituents is 2. The Morgan fingerprint density at radius 1 is 0.646 bits per heavy atom. The van der Waals surface area contributed by atoms with E-state index >= 15 is 0 Å². The van der Waals surface area contributed by atoms with Crippen LogP contribution in [0.15, 0.2) is 133 Å². The van der Waals surface area contributed by atoms with E-state index in [9.17, 15) is 20.2 Å². The molecule has 3 aliphatic rings. The first kappa shape index (κ1) is 46.8. The van der Waals surface area contributed by atoms with Crippen LogP contribution in [0, 0.1) is 20.2 Å². The fraction of sp³-hybridized carbons (Fsp3) is 0.418. The molecular weight excluding hydrogens is 813 g/mol. The van der Waals surface area contributed by atoms with E-state index in [4.69, 9.17) is 9.47 Å². The number of rotatable bonds is 19. The Kier molecular flexibility index (Phi) is 15.6. The van der Waals surface area contributed by atoms with Gasteiger partial charge < -0.3 is 19.7 Å². The molecule has 2 fully saturated rings. The van der Waals surface area contributed by atoms with Crippen LogP contribution in [0.3, 0.4) is 0 Å². The molecule has 0 amide bonds. The van der Waals surface area contributed by atoms with Crippen molar-refractivity contribution in [2.45, 2.75) is 134 Å². The maximum atomic E-state index is 12.1. The molecule has 0 atom stereocenters. The number of anilines is 2. The molecule has 342 valence electrons. The van der Waals surface area contributed by atoms with Crippen molar-refractivity contribution >= 4 is 22.7 Å². The fourth-order valence-electron chi connectivity index (χ4n) is 10.3. The number of fused-ring (bicyclic) bond motifs is 2. The maximum Gasteiger partial charge on any atom is 0.269 e. The zero-order valence-electron chi connectivity index (χ0n) is 38.7. The van der Waals surface area contributed by atoms with Gasteiger partial charge in [-0.1, -0.05) is 99.2 Å². The smallest absolute Gasteiger partial charge is 0.269 e. The summed E-state index contributed by atoms with van der Waals surface area (Å²) in [7, 11) is 0. The van der Waals surface area contributed by atoms with Crippen molar-refractivity contribution < 1.29 is 19.3 Å². The number of hydrogen-bond acceptors (Lipinski definition) is 8. The fourth-order valence-corrected chi connectivity index (χ4v) is 10.3. The number of ether oxygens (including phenoxy) is 2. The third-order valence-electron chi connectivity index (χ3n) is 13.4. The predicted octanol–water partition coefficient (Wildman–Crippen LogP) is 13.8. The van der Waals surface area contributed by atoms with Crippen molar-refractivity contribution in [1.29, 1.82) is 0 Å². The molecule has 2 aliphatic carbocycles. The van der Waals surface area contributed by atoms with Crippen molar-refractivity contribution in [1.82, 2.24) is 0 Å². The standard InChI is InChI=1S/C55H66N4O6/c1-41(2)64-47-24-18-43(19-25-47)30-37-56-51-28-22-45(58(60)61)39-49(51)54(33-13-9-14-34-54)32-12-8-6-5-7-11-17-53-55(35-15-10-16-36-55)50-40-46(59(62)63)23-29-52(50)57(53)38-31-44-20-26-48(27-21-44)65-42(3)4/h5-8,11-12,17-29,39-42,56H,9-10,13-16,30-38H2,1-4H3/b6-5+,11-7+,12-8+,53-17+. The molecule has 1 N–H and O–H groups in total. The van der Waals surface area contributed by atoms with Crippen molar-refractivity contribution in [2.75, 3.05) is 23.3 Å². The lowest BCUT2D eigenvalue weighted by Gasteiger charge is -2.38. The number of nitro groups is 2. The molecule has 0 aromatic heterocycles. The molecule has 1 aliphatic heterocycles. The van der Waals surface area contributed by atoms with E-state index in [-0.39, 0.29) is 44.3 Å². The van der Waals surface area contributed by atoms with Crippen LogP contribution < -0.4 is 19.7 Å². The summed E-state index contributed by atoms with van der Waals surface area (Å²) >= 11 is 0. The number of nitrogens with one attached hydrogen (secondary N) is 1. The number of nitro benzene ring substituents is 2. The average Bonchev–Trinajstić information content (AvgIpc) is 3.53. The van der Waals surface area contributed by atoms with Gasteiger partial charge in [-0.25, -0.2) is 0 Å². The van der Waals surface area contributed by atoms with Crippen LogP contribution in [-0.2, 0) is 23.7 Å². The van der Waals surface area contributed by atoms with Gasteiger partial charge >= 0.3 is 0 Å². The first-order valence-electron chi connectivity index (χ1n) is 23.8. The Labute approximate surface area is 385 Å². The second-order valence-electron chi connectivity index (χ2n) is 18.6. The summed E-state index contributed by atoms with van der Waals surface area (Å²) in [6.45, 7) is 9.55. The Hall–Kier alpha value is -6.16. The van der Waals surface area contributed by atoms with E-state index in [0.717, 1.165) is 111 Å². The van der Waals surface area contributed by atoms with Crippen molar-refractivity contribution in [3.63, 3.8) is 0 Å². The van der Waals surface area contributed by atoms with Crippen LogP contribution in [0.2, 0.25) is 0 Å². The lowest BCUT2D eigenvalue weighted by atomic mass is 9.66. The first-order chi connectivity index (χ1) is 31.5. The summed E-state index contributed by atoms with van der Waals surface area (Å²) in [5, 5.41) is 27.7. The van der Waals surface area contributed by atoms with Crippen LogP contribution in [0.5, 0.6) is 11.5 Å². The van der Waals surface area contributed by atoms with E-state index < -0.39 is 0 Å². The number of hydrogen-bond donors (Lipinski definition) is 1. The predicted molar refractivity (Wildman–Crippen MR) is 263 cm³/mol. The largest absolute Gasteiger partial charge is 0.491 e. The van der Waals surface area contributed by atoms with Gasteiger partial charge in [0.15, 0.2) is 0 Å². The van der Waals surface area contributed by atoms with Crippen LogP contribution in [0.25, 0.3) is 0 Å². The maximum absolute atomic E-state index is 12.1. The second-order valence-corrected chi connectivity index (χ2v) is 18.6. The average molecular weight is 879 g/mol. The third kappa shape index (κ3) is 11.6. The molecule has 4 aromatic carbocycles. The lowest BCUT2D eigenvalue weighted by Crippen LogP contribution is -2.34. The summed E-state index contributed by atoms with van der Waals surface area (Å²) in [4.78, 5) is 25.9. The zero-order chi connectivity index (χ0) is 45.8. The highest BCUT2D eigenvalue weighted by molar-refractivity contribution is 5.73. The van der Waals surface area contributed by atoms with Crippen molar-refractivity contribution in [3.8, 4) is 11.5 Å². The summed E-state index contributed by atoms with van der Waals surface area (Å²) in [6.07, 6.45) is 28.0. The molecule has 2 saturated carbocycles. The van der Waals surface area contributed by atoms with E-state index in [2.05, 4.69) is 77.0 Å². The molecule has 7 rings (SSSR count). The van der Waals surface area contributed by atoms with Gasteiger partial charge in [0.1, 0.15) is 11.5 Å². The lowest BCUT2D eigenvalue weighted by molar-refractivity contribution is -0.385. The highest BCUT2D eigenvalue weighted by Gasteiger charge is 2.48. The van der Waals surface area contributed by atoms with Gasteiger partial charge in [-0.05, 0) is 137 Å². The van der Waals surface area contributed by atoms with Gasteiger partial charge in [0.25, 0.3) is 11.4 Å². The first-order valence-corrected chi connectivity index (χ1v) is 23.8. The minimum Gasteiger partial charge on any atom is -0.491 e.